The molecule has 3 nitrogen and oxygen atoms in total. The molecule has 0 saturated carbocycles. The molecular weight excluding hydrogens is 220 g/mol. The summed E-state index contributed by atoms with van der Waals surface area (Å²) >= 11 is 5.13. The summed E-state index contributed by atoms with van der Waals surface area (Å²) in [6.45, 7) is 7.95. The van der Waals surface area contributed by atoms with Crippen molar-refractivity contribution in [2.45, 2.75) is 26.2 Å². The lowest BCUT2D eigenvalue weighted by atomic mass is 9.82. The maximum atomic E-state index is 11.8. The van der Waals surface area contributed by atoms with Crippen LogP contribution in [-0.4, -0.2) is 27.2 Å². The Morgan fingerprint density at radius 3 is 2.38 bits per heavy atom. The average molecular weight is 240 g/mol. The smallest absolute Gasteiger partial charge is 0.220 e. The molecular formula is C12H20N2OS. The molecule has 0 heterocycles. The molecule has 90 valence electrons. The van der Waals surface area contributed by atoms with Gasteiger partial charge in [0.05, 0.1) is 10.2 Å². The molecule has 1 N–H and O–H groups in total. The first-order valence-electron chi connectivity index (χ1n) is 5.50. The van der Waals surface area contributed by atoms with Crippen LogP contribution < -0.4 is 15.6 Å². The second-order valence-corrected chi connectivity index (χ2v) is 5.57. The van der Waals surface area contributed by atoms with Gasteiger partial charge in [0, 0.05) is 25.7 Å². The Bertz CT molecular complexity index is 438. The zero-order valence-corrected chi connectivity index (χ0v) is 11.5. The van der Waals surface area contributed by atoms with E-state index >= 15 is 0 Å². The molecule has 0 aliphatic rings. The summed E-state index contributed by atoms with van der Waals surface area (Å²) in [5, 5.41) is 3.07. The molecule has 0 fully saturated rings. The highest BCUT2D eigenvalue weighted by Crippen LogP contribution is 2.32. The van der Waals surface area contributed by atoms with Crippen LogP contribution in [0.25, 0.3) is 0 Å². The van der Waals surface area contributed by atoms with Gasteiger partial charge in [-0.1, -0.05) is 33.0 Å². The molecule has 0 unspecified atom stereocenters. The third-order valence-electron chi connectivity index (χ3n) is 2.71. The van der Waals surface area contributed by atoms with Crippen molar-refractivity contribution in [3.63, 3.8) is 0 Å². The largest absolute Gasteiger partial charge is 0.370 e. The normalized spacial score (nSPS) is 12.1. The second kappa shape index (κ2) is 4.63. The van der Waals surface area contributed by atoms with E-state index < -0.39 is 0 Å². The van der Waals surface area contributed by atoms with E-state index in [1.807, 2.05) is 19.0 Å². The fourth-order valence-corrected chi connectivity index (χ4v) is 2.33. The van der Waals surface area contributed by atoms with Crippen LogP contribution in [0.15, 0.2) is 4.79 Å². The first-order chi connectivity index (χ1) is 7.30. The summed E-state index contributed by atoms with van der Waals surface area (Å²) in [5.74, 6) is 0. The van der Waals surface area contributed by atoms with Crippen molar-refractivity contribution >= 4 is 17.9 Å². The zero-order valence-electron chi connectivity index (χ0n) is 10.7. The van der Waals surface area contributed by atoms with Crippen LogP contribution in [0.2, 0.25) is 0 Å². The van der Waals surface area contributed by atoms with Gasteiger partial charge in [-0.05, 0) is 12.5 Å². The van der Waals surface area contributed by atoms with Crippen LogP contribution in [0, 0.1) is 4.51 Å². The fourth-order valence-electron chi connectivity index (χ4n) is 1.83. The van der Waals surface area contributed by atoms with Gasteiger partial charge in [-0.25, -0.2) is 0 Å². The highest BCUT2D eigenvalue weighted by Gasteiger charge is 2.29. The predicted octanol–water partition coefficient (Wildman–Crippen LogP) is 1.60. The van der Waals surface area contributed by atoms with E-state index in [0.717, 1.165) is 24.3 Å². The number of rotatable bonds is 4. The van der Waals surface area contributed by atoms with Gasteiger partial charge >= 0.3 is 0 Å². The number of hydrogen-bond donors (Lipinski definition) is 1. The molecule has 0 atom stereocenters. The van der Waals surface area contributed by atoms with Gasteiger partial charge in [-0.3, -0.25) is 4.79 Å². The Kier molecular flexibility index (Phi) is 3.86. The van der Waals surface area contributed by atoms with Crippen molar-refractivity contribution < 1.29 is 0 Å². The van der Waals surface area contributed by atoms with E-state index in [4.69, 9.17) is 12.2 Å². The van der Waals surface area contributed by atoms with Gasteiger partial charge in [-0.15, -0.1) is 0 Å². The first kappa shape index (κ1) is 13.3. The minimum Gasteiger partial charge on any atom is -0.370 e. The number of nitrogens with one attached hydrogen (secondary N) is 1. The lowest BCUT2D eigenvalue weighted by molar-refractivity contribution is 0.579. The highest BCUT2D eigenvalue weighted by atomic mass is 32.1. The maximum Gasteiger partial charge on any atom is 0.220 e. The molecule has 1 aromatic carbocycles. The second-order valence-electron chi connectivity index (χ2n) is 5.16. The van der Waals surface area contributed by atoms with Crippen LogP contribution in [0.1, 0.15) is 26.3 Å². The summed E-state index contributed by atoms with van der Waals surface area (Å²) in [6.07, 6.45) is 0. The summed E-state index contributed by atoms with van der Waals surface area (Å²) in [4.78, 5) is 13.8. The topological polar surface area (TPSA) is 32.3 Å². The Labute approximate surface area is 102 Å². The van der Waals surface area contributed by atoms with Crippen molar-refractivity contribution in [1.82, 2.24) is 5.32 Å². The quantitative estimate of drug-likeness (QED) is 0.810. The van der Waals surface area contributed by atoms with E-state index in [-0.39, 0.29) is 10.8 Å². The zero-order chi connectivity index (χ0) is 12.5. The molecule has 0 bridgehead atoms. The average Bonchev–Trinajstić information content (AvgIpc) is 2.18. The number of anilines is 1. The third kappa shape index (κ3) is 2.33. The van der Waals surface area contributed by atoms with Gasteiger partial charge in [0.2, 0.25) is 5.43 Å². The number of likely N-dealkylation sites (N-methyl/N-ethyl adjacent to an activating group) is 2. The van der Waals surface area contributed by atoms with Crippen LogP contribution >= 0.6 is 12.2 Å². The van der Waals surface area contributed by atoms with E-state index in [1.165, 1.54) is 0 Å². The van der Waals surface area contributed by atoms with Gasteiger partial charge in [0.15, 0.2) is 0 Å². The van der Waals surface area contributed by atoms with E-state index in [9.17, 15) is 4.79 Å². The van der Waals surface area contributed by atoms with E-state index in [1.54, 1.807) is 0 Å². The number of nitrogens with zero attached hydrogens (tertiary/aromatic N) is 1. The van der Waals surface area contributed by atoms with Crippen molar-refractivity contribution in [2.24, 2.45) is 0 Å². The van der Waals surface area contributed by atoms with E-state index in [0.29, 0.717) is 4.51 Å². The Balaban J connectivity index is 3.02. The SMILES string of the molecule is CNCCN(C)c1c(C(C)(C)C)c(=S)c1=O. The Hall–Kier alpha value is -0.740. The molecule has 0 aliphatic heterocycles. The third-order valence-corrected chi connectivity index (χ3v) is 3.10. The molecule has 0 saturated heterocycles. The number of hydrogen-bond acceptors (Lipinski definition) is 4. The van der Waals surface area contributed by atoms with Crippen molar-refractivity contribution in [3.8, 4) is 0 Å². The summed E-state index contributed by atoms with van der Waals surface area (Å²) in [7, 11) is 3.85. The molecule has 1 rings (SSSR count). The lowest BCUT2D eigenvalue weighted by Crippen LogP contribution is -2.37. The van der Waals surface area contributed by atoms with Gasteiger partial charge < -0.3 is 10.2 Å². The maximum absolute atomic E-state index is 11.8. The highest BCUT2D eigenvalue weighted by molar-refractivity contribution is 7.71. The monoisotopic (exact) mass is 240 g/mol. The van der Waals surface area contributed by atoms with Gasteiger partial charge in [0.25, 0.3) is 0 Å². The molecule has 0 radical (unpaired) electrons. The predicted molar refractivity (Wildman–Crippen MR) is 71.8 cm³/mol. The van der Waals surface area contributed by atoms with Crippen molar-refractivity contribution in [1.29, 1.82) is 0 Å². The Morgan fingerprint density at radius 1 is 1.38 bits per heavy atom. The van der Waals surface area contributed by atoms with Crippen LogP contribution in [0.5, 0.6) is 0 Å². The molecule has 16 heavy (non-hydrogen) atoms. The van der Waals surface area contributed by atoms with Crippen LogP contribution in [-0.2, 0) is 5.41 Å². The fraction of sp³-hybridized carbons (Fsp3) is 0.667. The molecule has 0 aromatic heterocycles. The summed E-state index contributed by atoms with van der Waals surface area (Å²) in [5.41, 5.74) is 1.81. The standard InChI is InChI=1S/C12H20N2OS/c1-12(2,3)8-9(10(15)11(8)16)14(5)7-6-13-4/h13H,6-7H2,1-5H3. The molecule has 0 spiro atoms. The van der Waals surface area contributed by atoms with Gasteiger partial charge in [-0.2, -0.15) is 0 Å². The molecule has 4 heteroatoms. The minimum atomic E-state index is -0.0474. The van der Waals surface area contributed by atoms with Crippen molar-refractivity contribution in [2.75, 3.05) is 32.1 Å². The summed E-state index contributed by atoms with van der Waals surface area (Å²) in [6, 6.07) is 0. The van der Waals surface area contributed by atoms with Gasteiger partial charge in [0.1, 0.15) is 0 Å². The van der Waals surface area contributed by atoms with Crippen LogP contribution in [0.3, 0.4) is 0 Å². The van der Waals surface area contributed by atoms with Crippen molar-refractivity contribution in [3.05, 3.63) is 20.3 Å². The molecule has 1 aromatic rings. The lowest BCUT2D eigenvalue weighted by Gasteiger charge is -2.30. The molecule has 0 aliphatic carbocycles. The summed E-state index contributed by atoms with van der Waals surface area (Å²) < 4.78 is 0.513. The van der Waals surface area contributed by atoms with E-state index in [2.05, 4.69) is 26.1 Å². The first-order valence-corrected chi connectivity index (χ1v) is 5.91. The Morgan fingerprint density at radius 2 is 1.94 bits per heavy atom. The molecule has 0 amide bonds. The van der Waals surface area contributed by atoms with Crippen LogP contribution in [0.4, 0.5) is 5.69 Å². The minimum absolute atomic E-state index is 0.0264.